The maximum Gasteiger partial charge on any atom is -0.0235 e. The Balaban J connectivity index is 2.12. The summed E-state index contributed by atoms with van der Waals surface area (Å²) in [5.41, 5.74) is 1.03. The Hall–Kier alpha value is 0. The van der Waals surface area contributed by atoms with E-state index in [1.54, 1.807) is 25.7 Å². The van der Waals surface area contributed by atoms with Crippen LogP contribution in [0.2, 0.25) is 0 Å². The molecule has 3 rings (SSSR count). The van der Waals surface area contributed by atoms with Crippen LogP contribution in [0.4, 0.5) is 0 Å². The molecule has 0 aromatic rings. The Kier molecular flexibility index (Phi) is 0.260. The van der Waals surface area contributed by atoms with Crippen LogP contribution in [0.5, 0.6) is 0 Å². The molecule has 0 nitrogen and oxygen atoms in total. The summed E-state index contributed by atoms with van der Waals surface area (Å²) < 4.78 is 0. The normalized spacial score (nSPS) is 72.0. The van der Waals surface area contributed by atoms with Crippen molar-refractivity contribution < 1.29 is 0 Å². The Morgan fingerprint density at radius 3 is 1.71 bits per heavy atom. The van der Waals surface area contributed by atoms with Crippen LogP contribution in [0.25, 0.3) is 0 Å². The highest BCUT2D eigenvalue weighted by Crippen LogP contribution is 2.81. The van der Waals surface area contributed by atoms with Crippen molar-refractivity contribution in [3.8, 4) is 0 Å². The lowest BCUT2D eigenvalue weighted by Gasteiger charge is -1.84. The Morgan fingerprint density at radius 2 is 1.57 bits per heavy atom. The zero-order valence-corrected chi connectivity index (χ0v) is 4.48. The molecule has 7 heavy (non-hydrogen) atoms. The van der Waals surface area contributed by atoms with Gasteiger partial charge in [0.1, 0.15) is 0 Å². The van der Waals surface area contributed by atoms with Gasteiger partial charge in [-0.1, -0.05) is 0 Å². The van der Waals surface area contributed by atoms with E-state index >= 15 is 0 Å². The molecule has 3 atom stereocenters. The third-order valence-electron chi connectivity index (χ3n) is 3.42. The molecule has 1 spiro atoms. The van der Waals surface area contributed by atoms with Gasteiger partial charge in [-0.2, -0.15) is 0 Å². The van der Waals surface area contributed by atoms with Gasteiger partial charge >= 0.3 is 0 Å². The summed E-state index contributed by atoms with van der Waals surface area (Å²) >= 11 is 0. The molecule has 3 aliphatic carbocycles. The zero-order chi connectivity index (χ0) is 4.48. The molecule has 0 bridgehead atoms. The summed E-state index contributed by atoms with van der Waals surface area (Å²) in [6.07, 6.45) is 6.42. The van der Waals surface area contributed by atoms with Gasteiger partial charge in [0.15, 0.2) is 0 Å². The smallest absolute Gasteiger partial charge is 0.0235 e. The predicted octanol–water partition coefficient (Wildman–Crippen LogP) is 1.81. The molecule has 0 N–H and O–H groups in total. The molecular formula is C7H10. The number of hydrogen-bond acceptors (Lipinski definition) is 0. The minimum Gasteiger partial charge on any atom is -0.0496 e. The summed E-state index contributed by atoms with van der Waals surface area (Å²) in [6.45, 7) is 0. The van der Waals surface area contributed by atoms with Crippen molar-refractivity contribution in [3.63, 3.8) is 0 Å². The van der Waals surface area contributed by atoms with Crippen molar-refractivity contribution >= 4 is 0 Å². The van der Waals surface area contributed by atoms with Crippen molar-refractivity contribution in [1.29, 1.82) is 0 Å². The van der Waals surface area contributed by atoms with E-state index in [4.69, 9.17) is 0 Å². The van der Waals surface area contributed by atoms with E-state index in [1.807, 2.05) is 0 Å². The van der Waals surface area contributed by atoms with Crippen molar-refractivity contribution in [2.75, 3.05) is 0 Å². The quantitative estimate of drug-likeness (QED) is 0.429. The highest BCUT2D eigenvalue weighted by molar-refractivity contribution is 5.22. The van der Waals surface area contributed by atoms with Crippen LogP contribution in [0.1, 0.15) is 25.7 Å². The highest BCUT2D eigenvalue weighted by Gasteiger charge is 2.73. The lowest BCUT2D eigenvalue weighted by molar-refractivity contribution is 0.677. The molecule has 0 heteroatoms. The maximum atomic E-state index is 1.62. The molecular weight excluding hydrogens is 84.1 g/mol. The summed E-state index contributed by atoms with van der Waals surface area (Å²) in [7, 11) is 0. The summed E-state index contributed by atoms with van der Waals surface area (Å²) in [4.78, 5) is 0. The second kappa shape index (κ2) is 0.586. The Labute approximate surface area is 43.9 Å². The largest absolute Gasteiger partial charge is 0.0496 e. The molecule has 0 saturated heterocycles. The van der Waals surface area contributed by atoms with E-state index in [0.717, 1.165) is 5.41 Å². The van der Waals surface area contributed by atoms with Crippen LogP contribution < -0.4 is 0 Å². The minimum absolute atomic E-state index is 1.03. The van der Waals surface area contributed by atoms with Crippen molar-refractivity contribution in [2.24, 2.45) is 17.3 Å². The van der Waals surface area contributed by atoms with E-state index in [-0.39, 0.29) is 0 Å². The van der Waals surface area contributed by atoms with E-state index < -0.39 is 0 Å². The van der Waals surface area contributed by atoms with Gasteiger partial charge in [0.2, 0.25) is 0 Å². The van der Waals surface area contributed by atoms with Crippen LogP contribution in [0.3, 0.4) is 0 Å². The van der Waals surface area contributed by atoms with Gasteiger partial charge in [-0.25, -0.2) is 0 Å². The lowest BCUT2D eigenvalue weighted by Crippen LogP contribution is -1.71. The van der Waals surface area contributed by atoms with Gasteiger partial charge in [-0.15, -0.1) is 0 Å². The molecule has 0 amide bonds. The van der Waals surface area contributed by atoms with Gasteiger partial charge in [-0.05, 0) is 42.9 Å². The fourth-order valence-corrected chi connectivity index (χ4v) is 2.73. The van der Waals surface area contributed by atoms with Crippen LogP contribution in [-0.2, 0) is 0 Å². The van der Waals surface area contributed by atoms with Crippen molar-refractivity contribution in [2.45, 2.75) is 25.7 Å². The topological polar surface area (TPSA) is 0 Å². The molecule has 0 radical (unpaired) electrons. The van der Waals surface area contributed by atoms with Gasteiger partial charge in [0.05, 0.1) is 0 Å². The molecule has 3 saturated carbocycles. The van der Waals surface area contributed by atoms with Gasteiger partial charge in [-0.3, -0.25) is 0 Å². The Bertz CT molecular complexity index is 106. The monoisotopic (exact) mass is 94.1 g/mol. The fourth-order valence-electron chi connectivity index (χ4n) is 2.73. The van der Waals surface area contributed by atoms with Gasteiger partial charge < -0.3 is 0 Å². The lowest BCUT2D eigenvalue weighted by atomic mass is 10.2. The average Bonchev–Trinajstić information content (AvgIpc) is 2.49. The van der Waals surface area contributed by atoms with E-state index in [0.29, 0.717) is 0 Å². The minimum atomic E-state index is 1.03. The summed E-state index contributed by atoms with van der Waals surface area (Å²) in [5, 5.41) is 0. The second-order valence-corrected chi connectivity index (χ2v) is 3.61. The summed E-state index contributed by atoms with van der Waals surface area (Å²) in [6, 6.07) is 0. The second-order valence-electron chi connectivity index (χ2n) is 3.61. The number of rotatable bonds is 0. The van der Waals surface area contributed by atoms with Crippen molar-refractivity contribution in [1.82, 2.24) is 0 Å². The van der Waals surface area contributed by atoms with Gasteiger partial charge in [0, 0.05) is 0 Å². The van der Waals surface area contributed by atoms with E-state index in [1.165, 1.54) is 11.8 Å². The first-order valence-electron chi connectivity index (χ1n) is 3.42. The molecule has 2 unspecified atom stereocenters. The molecule has 0 heterocycles. The molecule has 3 fully saturated rings. The Morgan fingerprint density at radius 1 is 1.00 bits per heavy atom. The van der Waals surface area contributed by atoms with Crippen LogP contribution in [-0.4, -0.2) is 0 Å². The third kappa shape index (κ3) is 0.181. The standard InChI is InChI=1S/C7H10/c1-2-6-4-7(6)3-5(1)7/h5-6H,1-4H2/t5-,6?,7?/m1/s1. The highest BCUT2D eigenvalue weighted by atomic mass is 14.8. The zero-order valence-electron chi connectivity index (χ0n) is 4.48. The molecule has 0 aromatic heterocycles. The first-order valence-corrected chi connectivity index (χ1v) is 3.42. The fraction of sp³-hybridized carbons (Fsp3) is 1.00. The van der Waals surface area contributed by atoms with E-state index in [2.05, 4.69) is 0 Å². The third-order valence-corrected chi connectivity index (χ3v) is 3.42. The van der Waals surface area contributed by atoms with Crippen LogP contribution in [0.15, 0.2) is 0 Å². The average molecular weight is 94.2 g/mol. The van der Waals surface area contributed by atoms with Gasteiger partial charge in [0.25, 0.3) is 0 Å². The number of hydrogen-bond donors (Lipinski definition) is 0. The summed E-state index contributed by atoms with van der Waals surface area (Å²) in [5.74, 6) is 2.47. The molecule has 38 valence electrons. The maximum absolute atomic E-state index is 1.62. The first-order chi connectivity index (χ1) is 3.42. The first kappa shape index (κ1) is 3.11. The molecule has 0 aliphatic heterocycles. The van der Waals surface area contributed by atoms with Crippen molar-refractivity contribution in [3.05, 3.63) is 0 Å². The predicted molar refractivity (Wildman–Crippen MR) is 27.9 cm³/mol. The van der Waals surface area contributed by atoms with E-state index in [9.17, 15) is 0 Å². The molecule has 3 aliphatic rings. The SMILES string of the molecule is C1C[C@@H]2CC23CC13. The van der Waals surface area contributed by atoms with Crippen LogP contribution in [0, 0.1) is 17.3 Å². The molecule has 0 aromatic carbocycles. The van der Waals surface area contributed by atoms with Crippen LogP contribution >= 0.6 is 0 Å².